The zero-order valence-corrected chi connectivity index (χ0v) is 15.1. The van der Waals surface area contributed by atoms with Crippen molar-refractivity contribution in [3.8, 4) is 0 Å². The number of halogens is 1. The lowest BCUT2D eigenvalue weighted by atomic mass is 9.87. The summed E-state index contributed by atoms with van der Waals surface area (Å²) < 4.78 is 24.9. The molecule has 0 aromatic heterocycles. The summed E-state index contributed by atoms with van der Waals surface area (Å²) in [6.07, 6.45) is 1.84. The first-order valence-electron chi connectivity index (χ1n) is 9.55. The van der Waals surface area contributed by atoms with Crippen LogP contribution in [0, 0.1) is 5.82 Å². The molecule has 140 valence electrons. The number of benzene rings is 2. The fraction of sp³-hybridized carbons (Fsp3) is 0.409. The molecular weight excluding hydrogens is 345 g/mol. The number of nitrogens with zero attached hydrogens (tertiary/aromatic N) is 1. The zero-order valence-electron chi connectivity index (χ0n) is 15.1. The molecule has 0 unspecified atom stereocenters. The Hall–Kier alpha value is -2.24. The van der Waals surface area contributed by atoms with Crippen molar-refractivity contribution >= 4 is 5.91 Å². The van der Waals surface area contributed by atoms with Gasteiger partial charge in [-0.2, -0.15) is 0 Å². The van der Waals surface area contributed by atoms with E-state index >= 15 is 0 Å². The lowest BCUT2D eigenvalue weighted by Gasteiger charge is -2.40. The van der Waals surface area contributed by atoms with Crippen molar-refractivity contribution in [3.05, 3.63) is 71.0 Å². The lowest BCUT2D eigenvalue weighted by Crippen LogP contribution is -2.49. The first kappa shape index (κ1) is 16.9. The van der Waals surface area contributed by atoms with E-state index in [4.69, 9.17) is 9.47 Å². The third-order valence-corrected chi connectivity index (χ3v) is 6.01. The van der Waals surface area contributed by atoms with Gasteiger partial charge in [0.05, 0.1) is 24.9 Å². The fourth-order valence-electron chi connectivity index (χ4n) is 4.40. The zero-order chi connectivity index (χ0) is 18.4. The third-order valence-electron chi connectivity index (χ3n) is 6.01. The maximum Gasteiger partial charge on any atom is 0.252 e. The number of carbonyl (C=O) groups is 1. The number of fused-ring (bicyclic) bond motifs is 1. The van der Waals surface area contributed by atoms with Crippen LogP contribution in [0.2, 0.25) is 0 Å². The highest BCUT2D eigenvalue weighted by Crippen LogP contribution is 2.41. The fourth-order valence-corrected chi connectivity index (χ4v) is 4.40. The molecule has 2 aromatic rings. The van der Waals surface area contributed by atoms with Gasteiger partial charge in [0.2, 0.25) is 0 Å². The van der Waals surface area contributed by atoms with Crippen molar-refractivity contribution in [2.45, 2.75) is 37.0 Å². The van der Waals surface area contributed by atoms with Gasteiger partial charge < -0.3 is 14.4 Å². The summed E-state index contributed by atoms with van der Waals surface area (Å²) in [6, 6.07) is 14.4. The molecule has 0 bridgehead atoms. The number of amides is 1. The Morgan fingerprint density at radius 2 is 1.93 bits per heavy atom. The maximum absolute atomic E-state index is 13.5. The number of hydrogen-bond donors (Lipinski definition) is 0. The second kappa shape index (κ2) is 6.43. The second-order valence-electron chi connectivity index (χ2n) is 7.72. The first-order chi connectivity index (χ1) is 13.2. The van der Waals surface area contributed by atoms with Gasteiger partial charge in [-0.15, -0.1) is 0 Å². The molecule has 3 aliphatic rings. The van der Waals surface area contributed by atoms with E-state index < -0.39 is 6.10 Å². The molecule has 3 atom stereocenters. The van der Waals surface area contributed by atoms with Gasteiger partial charge in [-0.1, -0.05) is 36.4 Å². The topological polar surface area (TPSA) is 42.1 Å². The molecule has 2 fully saturated rings. The summed E-state index contributed by atoms with van der Waals surface area (Å²) in [5.74, 6) is -0.266. The molecule has 0 aliphatic carbocycles. The quantitative estimate of drug-likeness (QED) is 0.766. The SMILES string of the molecule is O=C([C@H]1C[C@]2(CCO1)CO2)N1CCc2ccccc2[C@@H]1c1ccc(F)cc1. The van der Waals surface area contributed by atoms with Crippen LogP contribution in [-0.4, -0.2) is 42.3 Å². The molecular formula is C22H22FNO3. The largest absolute Gasteiger partial charge is 0.369 e. The molecule has 0 radical (unpaired) electrons. The van der Waals surface area contributed by atoms with Crippen molar-refractivity contribution in [1.29, 1.82) is 0 Å². The molecule has 2 aromatic carbocycles. The van der Waals surface area contributed by atoms with E-state index in [-0.39, 0.29) is 23.4 Å². The van der Waals surface area contributed by atoms with Crippen molar-refractivity contribution < 1.29 is 18.7 Å². The van der Waals surface area contributed by atoms with E-state index in [0.29, 0.717) is 19.6 Å². The van der Waals surface area contributed by atoms with Crippen LogP contribution in [0.25, 0.3) is 0 Å². The number of carbonyl (C=O) groups excluding carboxylic acids is 1. The van der Waals surface area contributed by atoms with Crippen LogP contribution in [0.1, 0.15) is 35.6 Å². The molecule has 5 heteroatoms. The van der Waals surface area contributed by atoms with Gasteiger partial charge in [0, 0.05) is 19.4 Å². The predicted octanol–water partition coefficient (Wildman–Crippen LogP) is 3.25. The van der Waals surface area contributed by atoms with Gasteiger partial charge in [-0.3, -0.25) is 4.79 Å². The summed E-state index contributed by atoms with van der Waals surface area (Å²) in [6.45, 7) is 1.91. The van der Waals surface area contributed by atoms with Gasteiger partial charge in [0.1, 0.15) is 11.9 Å². The number of ether oxygens (including phenoxy) is 2. The van der Waals surface area contributed by atoms with E-state index in [9.17, 15) is 9.18 Å². The van der Waals surface area contributed by atoms with E-state index in [0.717, 1.165) is 30.6 Å². The van der Waals surface area contributed by atoms with Crippen LogP contribution in [0.5, 0.6) is 0 Å². The summed E-state index contributed by atoms with van der Waals surface area (Å²) in [5, 5.41) is 0. The number of hydrogen-bond acceptors (Lipinski definition) is 3. The van der Waals surface area contributed by atoms with Gasteiger partial charge in [-0.05, 0) is 35.2 Å². The van der Waals surface area contributed by atoms with Crippen molar-refractivity contribution in [2.24, 2.45) is 0 Å². The van der Waals surface area contributed by atoms with Gasteiger partial charge in [0.25, 0.3) is 5.91 Å². The Morgan fingerprint density at radius 3 is 2.70 bits per heavy atom. The second-order valence-corrected chi connectivity index (χ2v) is 7.72. The minimum atomic E-state index is -0.463. The van der Waals surface area contributed by atoms with E-state index in [2.05, 4.69) is 12.1 Å². The van der Waals surface area contributed by atoms with Crippen LogP contribution < -0.4 is 0 Å². The minimum absolute atomic E-state index is 0.00778. The smallest absolute Gasteiger partial charge is 0.252 e. The minimum Gasteiger partial charge on any atom is -0.369 e. The van der Waals surface area contributed by atoms with E-state index in [1.165, 1.54) is 17.7 Å². The molecule has 27 heavy (non-hydrogen) atoms. The predicted molar refractivity (Wildman–Crippen MR) is 97.8 cm³/mol. The Kier molecular flexibility index (Phi) is 4.02. The Balaban J connectivity index is 1.50. The highest BCUT2D eigenvalue weighted by Gasteiger charge is 2.51. The van der Waals surface area contributed by atoms with E-state index in [1.807, 2.05) is 17.0 Å². The molecule has 1 amide bonds. The van der Waals surface area contributed by atoms with Crippen LogP contribution in [0.4, 0.5) is 4.39 Å². The van der Waals surface area contributed by atoms with Crippen LogP contribution in [-0.2, 0) is 20.7 Å². The van der Waals surface area contributed by atoms with Crippen molar-refractivity contribution in [1.82, 2.24) is 4.90 Å². The lowest BCUT2D eigenvalue weighted by molar-refractivity contribution is -0.151. The standard InChI is InChI=1S/C22H22FNO3/c23-17-7-5-16(6-8-17)20-18-4-2-1-3-15(18)9-11-24(20)21(25)19-13-22(14-27-22)10-12-26-19/h1-8,19-20H,9-14H2/t19-,20+,22-/m1/s1. The monoisotopic (exact) mass is 367 g/mol. The Morgan fingerprint density at radius 1 is 1.15 bits per heavy atom. The van der Waals surface area contributed by atoms with Crippen molar-refractivity contribution in [2.75, 3.05) is 19.8 Å². The summed E-state index contributed by atoms with van der Waals surface area (Å²) in [4.78, 5) is 15.3. The van der Waals surface area contributed by atoms with Gasteiger partial charge >= 0.3 is 0 Å². The summed E-state index contributed by atoms with van der Waals surface area (Å²) in [5.41, 5.74) is 3.13. The summed E-state index contributed by atoms with van der Waals surface area (Å²) in [7, 11) is 0. The maximum atomic E-state index is 13.5. The average Bonchev–Trinajstić information content (AvgIpc) is 3.45. The Bertz CT molecular complexity index is 862. The third kappa shape index (κ3) is 3.05. The molecule has 4 nitrogen and oxygen atoms in total. The highest BCUT2D eigenvalue weighted by molar-refractivity contribution is 5.82. The van der Waals surface area contributed by atoms with Crippen molar-refractivity contribution in [3.63, 3.8) is 0 Å². The Labute approximate surface area is 157 Å². The summed E-state index contributed by atoms with van der Waals surface area (Å²) >= 11 is 0. The van der Waals surface area contributed by atoms with E-state index in [1.54, 1.807) is 12.1 Å². The number of epoxide rings is 1. The first-order valence-corrected chi connectivity index (χ1v) is 9.55. The molecule has 3 heterocycles. The molecule has 0 N–H and O–H groups in total. The molecule has 0 saturated carbocycles. The number of rotatable bonds is 2. The molecule has 1 spiro atoms. The van der Waals surface area contributed by atoms with Crippen LogP contribution in [0.15, 0.2) is 48.5 Å². The van der Waals surface area contributed by atoms with Gasteiger partial charge in [0.15, 0.2) is 0 Å². The van der Waals surface area contributed by atoms with Gasteiger partial charge in [-0.25, -0.2) is 4.39 Å². The van der Waals surface area contributed by atoms with Crippen LogP contribution >= 0.6 is 0 Å². The molecule has 5 rings (SSSR count). The average molecular weight is 367 g/mol. The molecule has 2 saturated heterocycles. The van der Waals surface area contributed by atoms with Crippen LogP contribution in [0.3, 0.4) is 0 Å². The normalized spacial score (nSPS) is 29.4. The highest BCUT2D eigenvalue weighted by atomic mass is 19.1. The molecule has 3 aliphatic heterocycles.